The van der Waals surface area contributed by atoms with Crippen LogP contribution in [0.3, 0.4) is 0 Å². The molecule has 3 rings (SSSR count). The van der Waals surface area contributed by atoms with E-state index in [1.165, 1.54) is 11.1 Å². The minimum Gasteiger partial charge on any atom is -0.399 e. The van der Waals surface area contributed by atoms with E-state index in [2.05, 4.69) is 21.1 Å². The molecule has 0 aliphatic rings. The second-order valence-electron chi connectivity index (χ2n) is 5.12. The first-order valence-corrected chi connectivity index (χ1v) is 7.98. The number of nitrogens with one attached hydrogen (secondary N) is 1. The summed E-state index contributed by atoms with van der Waals surface area (Å²) < 4.78 is 0. The van der Waals surface area contributed by atoms with Crippen LogP contribution in [0.4, 0.5) is 11.4 Å². The highest BCUT2D eigenvalue weighted by Crippen LogP contribution is 2.33. The molecule has 0 radical (unpaired) electrons. The number of rotatable bonds is 5. The zero-order valence-corrected chi connectivity index (χ0v) is 15.4. The number of hydrogen-bond acceptors (Lipinski definition) is 5. The number of nitrogen functional groups attached to an aromatic ring is 2. The summed E-state index contributed by atoms with van der Waals surface area (Å²) in [6.45, 7) is 1.60. The summed E-state index contributed by atoms with van der Waals surface area (Å²) >= 11 is 1.68. The average Bonchev–Trinajstić information content (AvgIpc) is 2.99. The summed E-state index contributed by atoms with van der Waals surface area (Å²) in [5.74, 6) is 0. The Labute approximate surface area is 158 Å². The highest BCUT2D eigenvalue weighted by Gasteiger charge is 2.09. The molecule has 2 heterocycles. The highest BCUT2D eigenvalue weighted by atomic mass is 35.5. The van der Waals surface area contributed by atoms with E-state index in [1.54, 1.807) is 23.7 Å². The van der Waals surface area contributed by atoms with Crippen molar-refractivity contribution < 1.29 is 0 Å². The Bertz CT molecular complexity index is 762. The third kappa shape index (κ3) is 4.85. The van der Waals surface area contributed by atoms with Gasteiger partial charge in [0.15, 0.2) is 0 Å². The first-order valence-electron chi connectivity index (χ1n) is 7.04. The van der Waals surface area contributed by atoms with Gasteiger partial charge in [-0.3, -0.25) is 4.98 Å². The maximum Gasteiger partial charge on any atom is 0.0395 e. The van der Waals surface area contributed by atoms with Crippen LogP contribution in [0.15, 0.2) is 53.5 Å². The number of pyridine rings is 1. The first-order chi connectivity index (χ1) is 10.7. The van der Waals surface area contributed by atoms with Gasteiger partial charge in [0.25, 0.3) is 0 Å². The Morgan fingerprint density at radius 1 is 0.917 bits per heavy atom. The summed E-state index contributed by atoms with van der Waals surface area (Å²) in [6, 6.07) is 9.64. The Morgan fingerprint density at radius 2 is 1.67 bits per heavy atom. The molecule has 0 amide bonds. The predicted octanol–water partition coefficient (Wildman–Crippen LogP) is 4.11. The van der Waals surface area contributed by atoms with Gasteiger partial charge in [0.2, 0.25) is 0 Å². The van der Waals surface area contributed by atoms with E-state index in [0.717, 1.165) is 35.6 Å². The van der Waals surface area contributed by atoms with Crippen molar-refractivity contribution in [2.45, 2.75) is 13.1 Å². The van der Waals surface area contributed by atoms with Gasteiger partial charge in [-0.15, -0.1) is 24.8 Å². The molecule has 4 nitrogen and oxygen atoms in total. The standard InChI is InChI=1S/C17H18N4S.2ClH/c18-14-1-2-17(19)15(7-14)16-11-22-10-13(16)9-21-8-12-3-5-20-6-4-12;;/h1-7,10-11,21H,8-9,18-19H2;2*1H. The summed E-state index contributed by atoms with van der Waals surface area (Å²) in [5.41, 5.74) is 18.1. The number of hydrogen-bond donors (Lipinski definition) is 3. The monoisotopic (exact) mass is 382 g/mol. The number of aromatic nitrogens is 1. The van der Waals surface area contributed by atoms with Crippen LogP contribution in [-0.2, 0) is 13.1 Å². The molecule has 2 aromatic heterocycles. The van der Waals surface area contributed by atoms with Crippen LogP contribution in [-0.4, -0.2) is 4.98 Å². The van der Waals surface area contributed by atoms with Crippen LogP contribution in [0.5, 0.6) is 0 Å². The molecule has 0 aliphatic heterocycles. The molecular weight excluding hydrogens is 363 g/mol. The summed E-state index contributed by atoms with van der Waals surface area (Å²) in [6.07, 6.45) is 3.61. The zero-order chi connectivity index (χ0) is 15.4. The molecule has 1 aromatic carbocycles. The van der Waals surface area contributed by atoms with Crippen molar-refractivity contribution in [1.29, 1.82) is 0 Å². The molecule has 24 heavy (non-hydrogen) atoms. The fourth-order valence-corrected chi connectivity index (χ4v) is 3.20. The molecule has 0 fully saturated rings. The van der Waals surface area contributed by atoms with Crippen LogP contribution in [0.2, 0.25) is 0 Å². The van der Waals surface area contributed by atoms with Gasteiger partial charge in [-0.2, -0.15) is 11.3 Å². The topological polar surface area (TPSA) is 77.0 Å². The lowest BCUT2D eigenvalue weighted by atomic mass is 10.0. The van der Waals surface area contributed by atoms with E-state index in [1.807, 2.05) is 30.3 Å². The summed E-state index contributed by atoms with van der Waals surface area (Å²) in [5, 5.41) is 7.73. The van der Waals surface area contributed by atoms with Gasteiger partial charge < -0.3 is 16.8 Å². The van der Waals surface area contributed by atoms with E-state index in [0.29, 0.717) is 0 Å². The number of thiophene rings is 1. The maximum absolute atomic E-state index is 6.09. The molecule has 3 aromatic rings. The van der Waals surface area contributed by atoms with Crippen LogP contribution in [0.25, 0.3) is 11.1 Å². The van der Waals surface area contributed by atoms with Crippen LogP contribution >= 0.6 is 36.2 Å². The molecule has 0 saturated heterocycles. The molecule has 7 heteroatoms. The lowest BCUT2D eigenvalue weighted by Gasteiger charge is -2.09. The maximum atomic E-state index is 6.09. The van der Waals surface area contributed by atoms with Gasteiger partial charge in [-0.25, -0.2) is 0 Å². The normalized spacial score (nSPS) is 9.83. The smallest absolute Gasteiger partial charge is 0.0395 e. The van der Waals surface area contributed by atoms with Gasteiger partial charge >= 0.3 is 0 Å². The number of halogens is 2. The van der Waals surface area contributed by atoms with Crippen LogP contribution in [0, 0.1) is 0 Å². The Morgan fingerprint density at radius 3 is 2.42 bits per heavy atom. The number of nitrogens with zero attached hydrogens (tertiary/aromatic N) is 1. The van der Waals surface area contributed by atoms with E-state index in [9.17, 15) is 0 Å². The van der Waals surface area contributed by atoms with E-state index < -0.39 is 0 Å². The molecule has 5 N–H and O–H groups in total. The van der Waals surface area contributed by atoms with Crippen molar-refractivity contribution in [1.82, 2.24) is 10.3 Å². The quantitative estimate of drug-likeness (QED) is 0.580. The average molecular weight is 383 g/mol. The highest BCUT2D eigenvalue weighted by molar-refractivity contribution is 7.08. The minimum atomic E-state index is 0. The van der Waals surface area contributed by atoms with Crippen LogP contribution in [0.1, 0.15) is 11.1 Å². The molecule has 0 spiro atoms. The van der Waals surface area contributed by atoms with E-state index in [-0.39, 0.29) is 24.8 Å². The molecule has 128 valence electrons. The number of nitrogens with two attached hydrogens (primary N) is 2. The lowest BCUT2D eigenvalue weighted by Crippen LogP contribution is -2.12. The Balaban J connectivity index is 0.00000144. The lowest BCUT2D eigenvalue weighted by molar-refractivity contribution is 0.695. The SMILES string of the molecule is Cl.Cl.Nc1ccc(N)c(-c2cscc2CNCc2ccncc2)c1. The number of benzene rings is 1. The predicted molar refractivity (Wildman–Crippen MR) is 108 cm³/mol. The molecule has 0 aliphatic carbocycles. The second kappa shape index (κ2) is 9.49. The molecule has 0 unspecified atom stereocenters. The van der Waals surface area contributed by atoms with E-state index in [4.69, 9.17) is 11.5 Å². The molecule has 0 saturated carbocycles. The first kappa shape index (κ1) is 20.3. The van der Waals surface area contributed by atoms with Crippen molar-refractivity contribution in [2.75, 3.05) is 11.5 Å². The van der Waals surface area contributed by atoms with Crippen molar-refractivity contribution in [2.24, 2.45) is 0 Å². The van der Waals surface area contributed by atoms with Crippen molar-refractivity contribution >= 4 is 47.5 Å². The van der Waals surface area contributed by atoms with Gasteiger partial charge in [-0.1, -0.05) is 0 Å². The summed E-state index contributed by atoms with van der Waals surface area (Å²) in [4.78, 5) is 4.02. The fraction of sp³-hybridized carbons (Fsp3) is 0.118. The molecule has 0 bridgehead atoms. The van der Waals surface area contributed by atoms with Crippen molar-refractivity contribution in [3.8, 4) is 11.1 Å². The minimum absolute atomic E-state index is 0. The molecular formula is C17H20Cl2N4S. The van der Waals surface area contributed by atoms with Gasteiger partial charge in [0.1, 0.15) is 0 Å². The van der Waals surface area contributed by atoms with Crippen molar-refractivity contribution in [3.05, 3.63) is 64.6 Å². The van der Waals surface area contributed by atoms with Crippen molar-refractivity contribution in [3.63, 3.8) is 0 Å². The third-order valence-electron chi connectivity index (χ3n) is 3.50. The Hall–Kier alpha value is -1.79. The molecule has 0 atom stereocenters. The largest absolute Gasteiger partial charge is 0.399 e. The van der Waals surface area contributed by atoms with Gasteiger partial charge in [-0.05, 0) is 57.8 Å². The third-order valence-corrected chi connectivity index (χ3v) is 4.30. The number of anilines is 2. The zero-order valence-electron chi connectivity index (χ0n) is 12.9. The van der Waals surface area contributed by atoms with Gasteiger partial charge in [0, 0.05) is 42.4 Å². The van der Waals surface area contributed by atoms with Crippen LogP contribution < -0.4 is 16.8 Å². The second-order valence-corrected chi connectivity index (χ2v) is 5.86. The summed E-state index contributed by atoms with van der Waals surface area (Å²) in [7, 11) is 0. The van der Waals surface area contributed by atoms with E-state index >= 15 is 0 Å². The fourth-order valence-electron chi connectivity index (χ4n) is 2.35. The Kier molecular flexibility index (Phi) is 8.01. The van der Waals surface area contributed by atoms with Gasteiger partial charge in [0.05, 0.1) is 0 Å².